The molecule has 2 amide bonds. The van der Waals surface area contributed by atoms with Gasteiger partial charge in [-0.15, -0.1) is 0 Å². The van der Waals surface area contributed by atoms with Gasteiger partial charge in [0.1, 0.15) is 11.3 Å². The van der Waals surface area contributed by atoms with Gasteiger partial charge in [-0.2, -0.15) is 0 Å². The van der Waals surface area contributed by atoms with Gasteiger partial charge in [0, 0.05) is 13.1 Å². The van der Waals surface area contributed by atoms with Crippen molar-refractivity contribution in [2.75, 3.05) is 18.5 Å². The van der Waals surface area contributed by atoms with Gasteiger partial charge in [-0.1, -0.05) is 19.1 Å². The van der Waals surface area contributed by atoms with E-state index in [1.54, 1.807) is 19.9 Å². The smallest absolute Gasteiger partial charge is 0.414 e. The summed E-state index contributed by atoms with van der Waals surface area (Å²) in [7, 11) is 1.35. The molecule has 0 radical (unpaired) electrons. The van der Waals surface area contributed by atoms with Crippen LogP contribution in [0.25, 0.3) is 0 Å². The first-order valence-electron chi connectivity index (χ1n) is 6.87. The van der Waals surface area contributed by atoms with E-state index in [2.05, 4.69) is 5.32 Å². The number of ether oxygens (including phenoxy) is 1. The number of carbonyl (C=O) groups excluding carboxylic acids is 1. The lowest BCUT2D eigenvalue weighted by atomic mass is 10.0. The van der Waals surface area contributed by atoms with Crippen molar-refractivity contribution in [3.05, 3.63) is 34.4 Å². The monoisotopic (exact) mass is 325 g/mol. The average Bonchev–Trinajstić information content (AvgIpc) is 2.52. The molecule has 0 aliphatic carbocycles. The first-order chi connectivity index (χ1) is 10.7. The molecule has 126 valence electrons. The standard InChI is InChI=1S/C14H19N3O6/c1-4-14(2,9-15-12(18)19)23-13(20)16(3)10-7-5-6-8-11(10)17(21)22/h5-8,15H,4,9H2,1-3H3,(H,18,19). The Kier molecular flexibility index (Phi) is 5.88. The number of hydrogen-bond acceptors (Lipinski definition) is 5. The normalized spacial score (nSPS) is 12.8. The van der Waals surface area contributed by atoms with Crippen molar-refractivity contribution < 1.29 is 24.4 Å². The molecular formula is C14H19N3O6. The molecule has 1 rings (SSSR count). The van der Waals surface area contributed by atoms with E-state index in [0.717, 1.165) is 4.90 Å². The second-order valence-electron chi connectivity index (χ2n) is 5.13. The maximum atomic E-state index is 12.2. The number of amides is 2. The molecule has 0 heterocycles. The lowest BCUT2D eigenvalue weighted by Gasteiger charge is -2.30. The zero-order valence-electron chi connectivity index (χ0n) is 13.1. The lowest BCUT2D eigenvalue weighted by molar-refractivity contribution is -0.384. The van der Waals surface area contributed by atoms with Gasteiger partial charge in [0.05, 0.1) is 11.5 Å². The summed E-state index contributed by atoms with van der Waals surface area (Å²) in [5.41, 5.74) is -1.20. The quantitative estimate of drug-likeness (QED) is 0.612. The van der Waals surface area contributed by atoms with E-state index in [1.165, 1.54) is 25.2 Å². The molecule has 1 atom stereocenters. The number of nitrogens with one attached hydrogen (secondary N) is 1. The number of benzene rings is 1. The van der Waals surface area contributed by atoms with Crippen molar-refractivity contribution in [2.24, 2.45) is 0 Å². The fourth-order valence-electron chi connectivity index (χ4n) is 1.78. The summed E-state index contributed by atoms with van der Waals surface area (Å²) in [6.45, 7) is 3.23. The minimum Gasteiger partial charge on any atom is -0.465 e. The minimum absolute atomic E-state index is 0.0880. The Labute approximate surface area is 133 Å². The number of hydrogen-bond donors (Lipinski definition) is 2. The molecule has 9 heteroatoms. The van der Waals surface area contributed by atoms with Crippen molar-refractivity contribution in [1.29, 1.82) is 0 Å². The third kappa shape index (κ3) is 4.83. The Bertz CT molecular complexity index is 606. The summed E-state index contributed by atoms with van der Waals surface area (Å²) in [5.74, 6) is 0. The topological polar surface area (TPSA) is 122 Å². The van der Waals surface area contributed by atoms with Crippen LogP contribution in [0, 0.1) is 10.1 Å². The van der Waals surface area contributed by atoms with Crippen LogP contribution in [0.4, 0.5) is 21.0 Å². The Morgan fingerprint density at radius 2 is 2.04 bits per heavy atom. The predicted octanol–water partition coefficient (Wildman–Crippen LogP) is 2.60. The van der Waals surface area contributed by atoms with Crippen LogP contribution in [0.5, 0.6) is 0 Å². The van der Waals surface area contributed by atoms with Crippen molar-refractivity contribution in [1.82, 2.24) is 5.32 Å². The summed E-state index contributed by atoms with van der Waals surface area (Å²) in [6, 6.07) is 5.77. The Balaban J connectivity index is 2.92. The van der Waals surface area contributed by atoms with Gasteiger partial charge in [-0.05, 0) is 19.4 Å². The van der Waals surface area contributed by atoms with Crippen LogP contribution in [-0.2, 0) is 4.74 Å². The average molecular weight is 325 g/mol. The fraction of sp³-hybridized carbons (Fsp3) is 0.429. The highest BCUT2D eigenvalue weighted by atomic mass is 16.6. The van der Waals surface area contributed by atoms with Crippen molar-refractivity contribution in [3.63, 3.8) is 0 Å². The summed E-state index contributed by atoms with van der Waals surface area (Å²) < 4.78 is 5.33. The molecule has 0 saturated heterocycles. The van der Waals surface area contributed by atoms with Crippen LogP contribution >= 0.6 is 0 Å². The van der Waals surface area contributed by atoms with Crippen molar-refractivity contribution >= 4 is 23.6 Å². The number of nitro groups is 1. The van der Waals surface area contributed by atoms with Crippen LogP contribution in [0.3, 0.4) is 0 Å². The molecule has 0 bridgehead atoms. The maximum Gasteiger partial charge on any atom is 0.414 e. The van der Waals surface area contributed by atoms with Gasteiger partial charge in [0.25, 0.3) is 5.69 Å². The molecule has 9 nitrogen and oxygen atoms in total. The molecule has 0 aliphatic heterocycles. The third-order valence-corrected chi connectivity index (χ3v) is 3.41. The van der Waals surface area contributed by atoms with Gasteiger partial charge in [-0.25, -0.2) is 9.59 Å². The number of carboxylic acid groups (broad SMARTS) is 1. The van der Waals surface area contributed by atoms with Crippen LogP contribution in [-0.4, -0.2) is 41.4 Å². The number of para-hydroxylation sites is 2. The van der Waals surface area contributed by atoms with Crippen LogP contribution < -0.4 is 10.2 Å². The van der Waals surface area contributed by atoms with E-state index in [0.29, 0.717) is 6.42 Å². The van der Waals surface area contributed by atoms with E-state index in [9.17, 15) is 19.7 Å². The number of nitrogens with zero attached hydrogens (tertiary/aromatic N) is 2. The highest BCUT2D eigenvalue weighted by molar-refractivity contribution is 5.90. The van der Waals surface area contributed by atoms with Crippen LogP contribution in [0.2, 0.25) is 0 Å². The van der Waals surface area contributed by atoms with E-state index in [1.807, 2.05) is 0 Å². The molecule has 2 N–H and O–H groups in total. The highest BCUT2D eigenvalue weighted by Gasteiger charge is 2.31. The van der Waals surface area contributed by atoms with Gasteiger partial charge < -0.3 is 15.2 Å². The summed E-state index contributed by atoms with van der Waals surface area (Å²) in [4.78, 5) is 34.3. The molecular weight excluding hydrogens is 306 g/mol. The molecule has 0 aromatic heterocycles. The predicted molar refractivity (Wildman–Crippen MR) is 82.7 cm³/mol. The molecule has 1 aromatic carbocycles. The fourth-order valence-corrected chi connectivity index (χ4v) is 1.78. The summed E-state index contributed by atoms with van der Waals surface area (Å²) in [5, 5.41) is 21.8. The Morgan fingerprint density at radius 3 is 2.57 bits per heavy atom. The minimum atomic E-state index is -1.23. The third-order valence-electron chi connectivity index (χ3n) is 3.41. The Morgan fingerprint density at radius 1 is 1.43 bits per heavy atom. The zero-order chi connectivity index (χ0) is 17.6. The van der Waals surface area contributed by atoms with Gasteiger partial charge in [0.15, 0.2) is 0 Å². The number of carbonyl (C=O) groups is 2. The van der Waals surface area contributed by atoms with Crippen LogP contribution in [0.15, 0.2) is 24.3 Å². The molecule has 0 saturated carbocycles. The zero-order valence-corrected chi connectivity index (χ0v) is 13.1. The second kappa shape index (κ2) is 7.43. The molecule has 0 spiro atoms. The first-order valence-corrected chi connectivity index (χ1v) is 6.87. The largest absolute Gasteiger partial charge is 0.465 e. The van der Waals surface area contributed by atoms with Gasteiger partial charge in [-0.3, -0.25) is 15.0 Å². The second-order valence-corrected chi connectivity index (χ2v) is 5.13. The van der Waals surface area contributed by atoms with Gasteiger partial charge in [0.2, 0.25) is 0 Å². The molecule has 1 aromatic rings. The SMILES string of the molecule is CCC(C)(CNC(=O)O)OC(=O)N(C)c1ccccc1[N+](=O)[O-]. The molecule has 23 heavy (non-hydrogen) atoms. The molecule has 0 fully saturated rings. The summed E-state index contributed by atoms with van der Waals surface area (Å²) in [6.07, 6.45) is -1.67. The van der Waals surface area contributed by atoms with Gasteiger partial charge >= 0.3 is 12.2 Å². The lowest BCUT2D eigenvalue weighted by Crippen LogP contribution is -2.45. The van der Waals surface area contributed by atoms with E-state index in [-0.39, 0.29) is 17.9 Å². The number of anilines is 1. The van der Waals surface area contributed by atoms with Crippen LogP contribution in [0.1, 0.15) is 20.3 Å². The van der Waals surface area contributed by atoms with E-state index >= 15 is 0 Å². The van der Waals surface area contributed by atoms with E-state index in [4.69, 9.17) is 9.84 Å². The highest BCUT2D eigenvalue weighted by Crippen LogP contribution is 2.28. The Hall–Kier alpha value is -2.84. The summed E-state index contributed by atoms with van der Waals surface area (Å²) >= 11 is 0. The maximum absolute atomic E-state index is 12.2. The number of rotatable bonds is 6. The molecule has 1 unspecified atom stereocenters. The molecule has 0 aliphatic rings. The van der Waals surface area contributed by atoms with Crippen molar-refractivity contribution in [2.45, 2.75) is 25.9 Å². The number of nitro benzene ring substituents is 1. The van der Waals surface area contributed by atoms with Crippen molar-refractivity contribution in [3.8, 4) is 0 Å². The van der Waals surface area contributed by atoms with E-state index < -0.39 is 22.7 Å². The first kappa shape index (κ1) is 18.2.